The summed E-state index contributed by atoms with van der Waals surface area (Å²) in [7, 11) is 0. The molecule has 0 aliphatic heterocycles. The van der Waals surface area contributed by atoms with Crippen molar-refractivity contribution >= 4 is 39.7 Å². The number of nitrogen functional groups attached to an aromatic ring is 1. The minimum Gasteiger partial charge on any atom is -0.455 e. The monoisotopic (exact) mass is 304 g/mol. The molecule has 0 atom stereocenters. The molecule has 0 spiro atoms. The molecule has 0 unspecified atom stereocenters. The second-order valence-electron chi connectivity index (χ2n) is 4.25. The largest absolute Gasteiger partial charge is 0.455 e. The third kappa shape index (κ3) is 2.38. The van der Waals surface area contributed by atoms with Gasteiger partial charge in [-0.3, -0.25) is 4.98 Å². The van der Waals surface area contributed by atoms with Gasteiger partial charge in [0, 0.05) is 39.9 Å². The fourth-order valence-corrected chi connectivity index (χ4v) is 2.27. The molecule has 100 valence electrons. The molecule has 0 aliphatic rings. The number of pyridine rings is 1. The average Bonchev–Trinajstić information content (AvgIpc) is 2.46. The molecule has 5 heteroatoms. The number of benzene rings is 2. The van der Waals surface area contributed by atoms with E-state index in [1.54, 1.807) is 42.7 Å². The van der Waals surface area contributed by atoms with E-state index in [1.807, 2.05) is 6.07 Å². The minimum absolute atomic E-state index is 0.494. The number of fused-ring (bicyclic) bond motifs is 1. The van der Waals surface area contributed by atoms with Gasteiger partial charge in [-0.05, 0) is 30.3 Å². The first-order chi connectivity index (χ1) is 9.65. The minimum atomic E-state index is 0.494. The zero-order valence-corrected chi connectivity index (χ0v) is 11.8. The number of halogens is 2. The highest BCUT2D eigenvalue weighted by Gasteiger charge is 2.09. The lowest BCUT2D eigenvalue weighted by atomic mass is 10.1. The molecule has 3 nitrogen and oxygen atoms in total. The molecule has 0 aliphatic carbocycles. The summed E-state index contributed by atoms with van der Waals surface area (Å²) in [6.07, 6.45) is 3.39. The fraction of sp³-hybridized carbons (Fsp3) is 0. The lowest BCUT2D eigenvalue weighted by Crippen LogP contribution is -1.91. The van der Waals surface area contributed by atoms with Crippen molar-refractivity contribution < 1.29 is 4.74 Å². The maximum Gasteiger partial charge on any atom is 0.147 e. The van der Waals surface area contributed by atoms with Gasteiger partial charge in [0.2, 0.25) is 0 Å². The highest BCUT2D eigenvalue weighted by Crippen LogP contribution is 2.36. The van der Waals surface area contributed by atoms with Gasteiger partial charge in [-0.2, -0.15) is 0 Å². The van der Waals surface area contributed by atoms with Crippen molar-refractivity contribution in [2.24, 2.45) is 0 Å². The summed E-state index contributed by atoms with van der Waals surface area (Å²) in [6.45, 7) is 0. The quantitative estimate of drug-likeness (QED) is 0.684. The van der Waals surface area contributed by atoms with Gasteiger partial charge in [-0.25, -0.2) is 0 Å². The lowest BCUT2D eigenvalue weighted by molar-refractivity contribution is 0.488. The van der Waals surface area contributed by atoms with E-state index >= 15 is 0 Å². The molecule has 0 saturated carbocycles. The van der Waals surface area contributed by atoms with Gasteiger partial charge in [0.1, 0.15) is 11.5 Å². The maximum atomic E-state index is 6.11. The van der Waals surface area contributed by atoms with Crippen LogP contribution in [0.5, 0.6) is 11.5 Å². The van der Waals surface area contributed by atoms with Gasteiger partial charge in [-0.15, -0.1) is 0 Å². The van der Waals surface area contributed by atoms with E-state index in [9.17, 15) is 0 Å². The summed E-state index contributed by atoms with van der Waals surface area (Å²) < 4.78 is 5.86. The van der Waals surface area contributed by atoms with E-state index < -0.39 is 0 Å². The Hall–Kier alpha value is -1.97. The predicted molar refractivity (Wildman–Crippen MR) is 82.7 cm³/mol. The van der Waals surface area contributed by atoms with E-state index in [0.717, 1.165) is 10.8 Å². The zero-order valence-electron chi connectivity index (χ0n) is 10.3. The van der Waals surface area contributed by atoms with Crippen LogP contribution >= 0.6 is 23.2 Å². The summed E-state index contributed by atoms with van der Waals surface area (Å²) in [5, 5.41) is 2.76. The van der Waals surface area contributed by atoms with Gasteiger partial charge in [0.25, 0.3) is 0 Å². The maximum absolute atomic E-state index is 6.11. The summed E-state index contributed by atoms with van der Waals surface area (Å²) in [6, 6.07) is 10.5. The second kappa shape index (κ2) is 5.19. The molecule has 0 bridgehead atoms. The van der Waals surface area contributed by atoms with Crippen LogP contribution in [0, 0.1) is 0 Å². The van der Waals surface area contributed by atoms with E-state index in [2.05, 4.69) is 4.98 Å². The average molecular weight is 305 g/mol. The highest BCUT2D eigenvalue weighted by molar-refractivity contribution is 6.34. The number of ether oxygens (including phenoxy) is 1. The first-order valence-corrected chi connectivity index (χ1v) is 6.66. The first-order valence-electron chi connectivity index (χ1n) is 5.90. The second-order valence-corrected chi connectivity index (χ2v) is 5.09. The molecule has 0 saturated heterocycles. The number of rotatable bonds is 2. The van der Waals surface area contributed by atoms with Crippen LogP contribution in [0.25, 0.3) is 10.8 Å². The van der Waals surface area contributed by atoms with Crippen molar-refractivity contribution in [1.82, 2.24) is 4.98 Å². The Morgan fingerprint density at radius 3 is 2.65 bits per heavy atom. The standard InChI is InChI=1S/C15H10Cl2N2O/c16-9-1-2-12(17)15(7-9)20-14-4-3-13(18)11-8-19-6-5-10(11)14/h1-8H,18H2. The van der Waals surface area contributed by atoms with Crippen molar-refractivity contribution in [1.29, 1.82) is 0 Å². The number of hydrogen-bond acceptors (Lipinski definition) is 3. The van der Waals surface area contributed by atoms with Crippen LogP contribution in [0.1, 0.15) is 0 Å². The van der Waals surface area contributed by atoms with Gasteiger partial charge in [-0.1, -0.05) is 23.2 Å². The van der Waals surface area contributed by atoms with Gasteiger partial charge in [0.15, 0.2) is 0 Å². The SMILES string of the molecule is Nc1ccc(Oc2cc(Cl)ccc2Cl)c2ccncc12. The molecular formula is C15H10Cl2N2O. The Bertz CT molecular complexity index is 790. The van der Waals surface area contributed by atoms with E-state index in [0.29, 0.717) is 27.2 Å². The molecule has 2 aromatic carbocycles. The van der Waals surface area contributed by atoms with Crippen molar-refractivity contribution in [2.45, 2.75) is 0 Å². The molecular weight excluding hydrogens is 295 g/mol. The molecule has 3 rings (SSSR count). The predicted octanol–water partition coefficient (Wildman–Crippen LogP) is 4.92. The third-order valence-electron chi connectivity index (χ3n) is 2.92. The van der Waals surface area contributed by atoms with Crippen LogP contribution in [0.2, 0.25) is 10.0 Å². The van der Waals surface area contributed by atoms with Crippen LogP contribution in [0.3, 0.4) is 0 Å². The molecule has 0 radical (unpaired) electrons. The number of aromatic nitrogens is 1. The number of nitrogens with zero attached hydrogens (tertiary/aromatic N) is 1. The van der Waals surface area contributed by atoms with Crippen molar-refractivity contribution in [3.63, 3.8) is 0 Å². The van der Waals surface area contributed by atoms with Crippen molar-refractivity contribution in [3.8, 4) is 11.5 Å². The van der Waals surface area contributed by atoms with E-state index in [4.69, 9.17) is 33.7 Å². The Balaban J connectivity index is 2.11. The van der Waals surface area contributed by atoms with Crippen LogP contribution in [0.15, 0.2) is 48.8 Å². The molecule has 20 heavy (non-hydrogen) atoms. The molecule has 1 heterocycles. The molecule has 2 N–H and O–H groups in total. The highest BCUT2D eigenvalue weighted by atomic mass is 35.5. The van der Waals surface area contributed by atoms with Gasteiger partial charge < -0.3 is 10.5 Å². The van der Waals surface area contributed by atoms with Gasteiger partial charge >= 0.3 is 0 Å². The summed E-state index contributed by atoms with van der Waals surface area (Å²) >= 11 is 12.1. The summed E-state index contributed by atoms with van der Waals surface area (Å²) in [4.78, 5) is 4.07. The summed E-state index contributed by atoms with van der Waals surface area (Å²) in [5.74, 6) is 1.16. The first kappa shape index (κ1) is 13.0. The van der Waals surface area contributed by atoms with Crippen molar-refractivity contribution in [2.75, 3.05) is 5.73 Å². The third-order valence-corrected chi connectivity index (χ3v) is 3.47. The topological polar surface area (TPSA) is 48.1 Å². The molecule has 1 aromatic heterocycles. The molecule has 0 amide bonds. The van der Waals surface area contributed by atoms with Crippen LogP contribution < -0.4 is 10.5 Å². The Kier molecular flexibility index (Phi) is 3.38. The number of hydrogen-bond donors (Lipinski definition) is 1. The summed E-state index contributed by atoms with van der Waals surface area (Å²) in [5.41, 5.74) is 6.58. The van der Waals surface area contributed by atoms with E-state index in [1.165, 1.54) is 0 Å². The lowest BCUT2D eigenvalue weighted by Gasteiger charge is -2.11. The molecule has 0 fully saturated rings. The normalized spacial score (nSPS) is 10.7. The Labute approximate surface area is 125 Å². The Morgan fingerprint density at radius 1 is 0.950 bits per heavy atom. The van der Waals surface area contributed by atoms with Gasteiger partial charge in [0.05, 0.1) is 5.02 Å². The van der Waals surface area contributed by atoms with Crippen LogP contribution in [0.4, 0.5) is 5.69 Å². The zero-order chi connectivity index (χ0) is 14.1. The van der Waals surface area contributed by atoms with E-state index in [-0.39, 0.29) is 0 Å². The van der Waals surface area contributed by atoms with Crippen LogP contribution in [-0.4, -0.2) is 4.98 Å². The number of anilines is 1. The molecule has 3 aromatic rings. The smallest absolute Gasteiger partial charge is 0.147 e. The van der Waals surface area contributed by atoms with Crippen LogP contribution in [-0.2, 0) is 0 Å². The Morgan fingerprint density at radius 2 is 1.80 bits per heavy atom. The van der Waals surface area contributed by atoms with Crippen molar-refractivity contribution in [3.05, 3.63) is 58.8 Å². The fourth-order valence-electron chi connectivity index (χ4n) is 1.95. The number of nitrogens with two attached hydrogens (primary N) is 1.